The van der Waals surface area contributed by atoms with Crippen LogP contribution in [0, 0.1) is 10.1 Å². The van der Waals surface area contributed by atoms with Crippen molar-refractivity contribution in [1.29, 1.82) is 0 Å². The number of amides is 2. The highest BCUT2D eigenvalue weighted by atomic mass is 16.6. The Morgan fingerprint density at radius 1 is 1.16 bits per heavy atom. The van der Waals surface area contributed by atoms with Crippen LogP contribution in [0.3, 0.4) is 0 Å². The van der Waals surface area contributed by atoms with Crippen molar-refractivity contribution in [3.05, 3.63) is 33.9 Å². The van der Waals surface area contributed by atoms with E-state index in [1.807, 2.05) is 18.7 Å². The molecule has 1 saturated heterocycles. The monoisotopic (exact) mass is 348 g/mol. The number of carbonyl (C=O) groups excluding carboxylic acids is 2. The van der Waals surface area contributed by atoms with Gasteiger partial charge in [-0.3, -0.25) is 19.7 Å². The first-order chi connectivity index (χ1) is 11.9. The van der Waals surface area contributed by atoms with Crippen LogP contribution in [0.15, 0.2) is 18.2 Å². The average molecular weight is 348 g/mol. The summed E-state index contributed by atoms with van der Waals surface area (Å²) in [6.07, 6.45) is 0. The van der Waals surface area contributed by atoms with Gasteiger partial charge >= 0.3 is 0 Å². The maximum Gasteiger partial charge on any atom is 0.293 e. The number of benzene rings is 1. The molecule has 1 aromatic carbocycles. The van der Waals surface area contributed by atoms with Crippen molar-refractivity contribution in [3.63, 3.8) is 0 Å². The Balaban J connectivity index is 2.27. The molecule has 8 heteroatoms. The summed E-state index contributed by atoms with van der Waals surface area (Å²) >= 11 is 0. The Morgan fingerprint density at radius 3 is 2.24 bits per heavy atom. The molecular formula is C17H24N4O4. The Labute approximate surface area is 147 Å². The smallest absolute Gasteiger partial charge is 0.293 e. The van der Waals surface area contributed by atoms with E-state index in [2.05, 4.69) is 0 Å². The highest BCUT2D eigenvalue weighted by Gasteiger charge is 2.26. The predicted molar refractivity (Wildman–Crippen MR) is 94.8 cm³/mol. The average Bonchev–Trinajstić information content (AvgIpc) is 2.62. The quantitative estimate of drug-likeness (QED) is 0.597. The van der Waals surface area contributed by atoms with Gasteiger partial charge in [0, 0.05) is 57.8 Å². The van der Waals surface area contributed by atoms with Gasteiger partial charge < -0.3 is 14.7 Å². The minimum atomic E-state index is -0.453. The van der Waals surface area contributed by atoms with Crippen LogP contribution in [-0.2, 0) is 4.79 Å². The van der Waals surface area contributed by atoms with Gasteiger partial charge in [0.25, 0.3) is 11.6 Å². The molecule has 1 aliphatic heterocycles. The molecule has 0 unspecified atom stereocenters. The maximum absolute atomic E-state index is 12.4. The fraction of sp³-hybridized carbons (Fsp3) is 0.529. The number of carbonyl (C=O) groups is 2. The summed E-state index contributed by atoms with van der Waals surface area (Å²) < 4.78 is 0. The minimum Gasteiger partial charge on any atom is -0.362 e. The molecule has 2 amide bonds. The van der Waals surface area contributed by atoms with E-state index in [1.54, 1.807) is 21.9 Å². The summed E-state index contributed by atoms with van der Waals surface area (Å²) in [6.45, 7) is 8.51. The van der Waals surface area contributed by atoms with Gasteiger partial charge in [0.05, 0.1) is 4.92 Å². The molecule has 0 radical (unpaired) electrons. The minimum absolute atomic E-state index is 0.00863. The van der Waals surface area contributed by atoms with Crippen LogP contribution in [0.25, 0.3) is 0 Å². The van der Waals surface area contributed by atoms with Crippen LogP contribution in [0.5, 0.6) is 0 Å². The molecule has 0 saturated carbocycles. The van der Waals surface area contributed by atoms with Crippen LogP contribution in [-0.4, -0.2) is 65.8 Å². The summed E-state index contributed by atoms with van der Waals surface area (Å²) in [5.74, 6) is -0.199. The number of nitro benzene ring substituents is 1. The lowest BCUT2D eigenvalue weighted by Gasteiger charge is -2.35. The number of nitro groups is 1. The van der Waals surface area contributed by atoms with Crippen molar-refractivity contribution in [3.8, 4) is 0 Å². The Hall–Kier alpha value is -2.64. The highest BCUT2D eigenvalue weighted by Crippen LogP contribution is 2.30. The first-order valence-corrected chi connectivity index (χ1v) is 8.47. The largest absolute Gasteiger partial charge is 0.362 e. The number of piperazine rings is 1. The maximum atomic E-state index is 12.4. The summed E-state index contributed by atoms with van der Waals surface area (Å²) in [7, 11) is 0. The third kappa shape index (κ3) is 4.07. The summed E-state index contributed by atoms with van der Waals surface area (Å²) in [5.41, 5.74) is 0.736. The van der Waals surface area contributed by atoms with Crippen molar-refractivity contribution in [1.82, 2.24) is 9.80 Å². The number of hydrogen-bond donors (Lipinski definition) is 0. The lowest BCUT2D eigenvalue weighted by molar-refractivity contribution is -0.384. The van der Waals surface area contributed by atoms with Crippen LogP contribution in [0.2, 0.25) is 0 Å². The molecule has 1 aromatic rings. The second-order valence-electron chi connectivity index (χ2n) is 5.93. The van der Waals surface area contributed by atoms with Gasteiger partial charge in [-0.15, -0.1) is 0 Å². The van der Waals surface area contributed by atoms with Crippen LogP contribution in [0.4, 0.5) is 11.4 Å². The molecule has 0 spiro atoms. The van der Waals surface area contributed by atoms with Gasteiger partial charge in [-0.05, 0) is 26.0 Å². The third-order valence-corrected chi connectivity index (χ3v) is 4.54. The van der Waals surface area contributed by atoms with E-state index in [-0.39, 0.29) is 17.5 Å². The lowest BCUT2D eigenvalue weighted by atomic mass is 10.1. The molecular weight excluding hydrogens is 324 g/mol. The van der Waals surface area contributed by atoms with Crippen molar-refractivity contribution in [2.45, 2.75) is 20.8 Å². The van der Waals surface area contributed by atoms with Gasteiger partial charge in [0.15, 0.2) is 0 Å². The first kappa shape index (κ1) is 18.7. The molecule has 136 valence electrons. The van der Waals surface area contributed by atoms with E-state index in [4.69, 9.17) is 0 Å². The Morgan fingerprint density at radius 2 is 1.76 bits per heavy atom. The van der Waals surface area contributed by atoms with Gasteiger partial charge in [-0.1, -0.05) is 0 Å². The highest BCUT2D eigenvalue weighted by molar-refractivity contribution is 5.95. The van der Waals surface area contributed by atoms with E-state index in [1.165, 1.54) is 13.0 Å². The molecule has 0 atom stereocenters. The zero-order chi connectivity index (χ0) is 18.6. The molecule has 1 aliphatic rings. The van der Waals surface area contributed by atoms with Crippen LogP contribution >= 0.6 is 0 Å². The SMILES string of the molecule is CCN(CC)C(=O)c1ccc(N2CCN(C(C)=O)CC2)c([N+](=O)[O-])c1. The van der Waals surface area contributed by atoms with E-state index in [0.29, 0.717) is 50.5 Å². The van der Waals surface area contributed by atoms with Gasteiger partial charge in [-0.2, -0.15) is 0 Å². The normalized spacial score (nSPS) is 14.4. The molecule has 2 rings (SSSR count). The van der Waals surface area contributed by atoms with Crippen molar-refractivity contribution < 1.29 is 14.5 Å². The fourth-order valence-corrected chi connectivity index (χ4v) is 3.03. The number of anilines is 1. The molecule has 8 nitrogen and oxygen atoms in total. The van der Waals surface area contributed by atoms with E-state index in [0.717, 1.165) is 0 Å². The molecule has 0 bridgehead atoms. The zero-order valence-corrected chi connectivity index (χ0v) is 14.9. The van der Waals surface area contributed by atoms with Crippen molar-refractivity contribution >= 4 is 23.2 Å². The molecule has 1 heterocycles. The third-order valence-electron chi connectivity index (χ3n) is 4.54. The number of rotatable bonds is 5. The summed E-state index contributed by atoms with van der Waals surface area (Å²) in [6, 6.07) is 4.63. The number of hydrogen-bond acceptors (Lipinski definition) is 5. The summed E-state index contributed by atoms with van der Waals surface area (Å²) in [4.78, 5) is 40.1. The second-order valence-corrected chi connectivity index (χ2v) is 5.93. The Bertz CT molecular complexity index is 665. The van der Waals surface area contributed by atoms with Crippen LogP contribution in [0.1, 0.15) is 31.1 Å². The molecule has 0 aliphatic carbocycles. The lowest BCUT2D eigenvalue weighted by Crippen LogP contribution is -2.48. The predicted octanol–water partition coefficient (Wildman–Crippen LogP) is 1.75. The number of nitrogens with zero attached hydrogens (tertiary/aromatic N) is 4. The molecule has 0 aromatic heterocycles. The fourth-order valence-electron chi connectivity index (χ4n) is 3.03. The van der Waals surface area contributed by atoms with Crippen molar-refractivity contribution in [2.24, 2.45) is 0 Å². The van der Waals surface area contributed by atoms with E-state index < -0.39 is 4.92 Å². The van der Waals surface area contributed by atoms with Crippen LogP contribution < -0.4 is 4.90 Å². The van der Waals surface area contributed by atoms with E-state index >= 15 is 0 Å². The van der Waals surface area contributed by atoms with Gasteiger partial charge in [0.1, 0.15) is 5.69 Å². The van der Waals surface area contributed by atoms with Gasteiger partial charge in [0.2, 0.25) is 5.91 Å². The van der Waals surface area contributed by atoms with Crippen molar-refractivity contribution in [2.75, 3.05) is 44.2 Å². The topological polar surface area (TPSA) is 87.0 Å². The molecule has 25 heavy (non-hydrogen) atoms. The van der Waals surface area contributed by atoms with E-state index in [9.17, 15) is 19.7 Å². The first-order valence-electron chi connectivity index (χ1n) is 8.47. The zero-order valence-electron chi connectivity index (χ0n) is 14.9. The summed E-state index contributed by atoms with van der Waals surface area (Å²) in [5, 5.41) is 11.5. The molecule has 1 fully saturated rings. The molecule has 0 N–H and O–H groups in total. The second kappa shape index (κ2) is 7.96. The Kier molecular flexibility index (Phi) is 5.95. The standard InChI is InChI=1S/C17H24N4O4/c1-4-18(5-2)17(23)14-6-7-15(16(12-14)21(24)25)20-10-8-19(9-11-20)13(3)22/h6-7,12H,4-5,8-11H2,1-3H3. The van der Waals surface area contributed by atoms with Gasteiger partial charge in [-0.25, -0.2) is 0 Å².